The number of carbonyl (C=O) groups is 1. The lowest BCUT2D eigenvalue weighted by Crippen LogP contribution is -2.12. The summed E-state index contributed by atoms with van der Waals surface area (Å²) in [5.74, 6) is 1.20. The van der Waals surface area contributed by atoms with Gasteiger partial charge in [0, 0.05) is 11.6 Å². The summed E-state index contributed by atoms with van der Waals surface area (Å²) >= 11 is 1.24. The van der Waals surface area contributed by atoms with Crippen LogP contribution in [0.1, 0.15) is 60.7 Å². The average molecular weight is 329 g/mol. The molecule has 0 aliphatic carbocycles. The number of amides is 1. The van der Waals surface area contributed by atoms with Gasteiger partial charge < -0.3 is 5.32 Å². The molecule has 6 nitrogen and oxygen atoms in total. The van der Waals surface area contributed by atoms with E-state index in [9.17, 15) is 4.79 Å². The van der Waals surface area contributed by atoms with Crippen LogP contribution in [0.5, 0.6) is 0 Å². The number of nitrogens with zero attached hydrogens (tertiary/aromatic N) is 4. The fourth-order valence-corrected chi connectivity index (χ4v) is 2.96. The van der Waals surface area contributed by atoms with Gasteiger partial charge >= 0.3 is 0 Å². The third-order valence-corrected chi connectivity index (χ3v) is 4.46. The van der Waals surface area contributed by atoms with Gasteiger partial charge in [0.05, 0.1) is 0 Å². The number of benzene rings is 1. The number of hydrogen-bond acceptors (Lipinski definition) is 5. The molecule has 0 atom stereocenters. The molecule has 0 unspecified atom stereocenters. The Labute approximate surface area is 138 Å². The van der Waals surface area contributed by atoms with Crippen LogP contribution in [0.25, 0.3) is 4.96 Å². The number of anilines is 1. The molecule has 0 spiro atoms. The molecule has 3 aromatic rings. The Bertz CT molecular complexity index is 832. The van der Waals surface area contributed by atoms with Crippen LogP contribution in [0.3, 0.4) is 0 Å². The molecular weight excluding hydrogens is 310 g/mol. The molecule has 120 valence electrons. The second-order valence-electron chi connectivity index (χ2n) is 6.05. The second kappa shape index (κ2) is 6.08. The van der Waals surface area contributed by atoms with Crippen molar-refractivity contribution in [3.8, 4) is 0 Å². The summed E-state index contributed by atoms with van der Waals surface area (Å²) in [5.41, 5.74) is 2.00. The summed E-state index contributed by atoms with van der Waals surface area (Å²) in [6.07, 6.45) is 0. The van der Waals surface area contributed by atoms with Crippen LogP contribution in [-0.2, 0) is 0 Å². The van der Waals surface area contributed by atoms with Crippen molar-refractivity contribution in [1.29, 1.82) is 0 Å². The first-order valence-electron chi connectivity index (χ1n) is 7.59. The van der Waals surface area contributed by atoms with E-state index in [2.05, 4.69) is 34.5 Å². The first-order chi connectivity index (χ1) is 11.0. The van der Waals surface area contributed by atoms with E-state index in [1.807, 2.05) is 38.1 Å². The maximum absolute atomic E-state index is 12.4. The highest BCUT2D eigenvalue weighted by Crippen LogP contribution is 2.21. The monoisotopic (exact) mass is 329 g/mol. The Kier molecular flexibility index (Phi) is 4.12. The highest BCUT2D eigenvalue weighted by Gasteiger charge is 2.18. The smallest absolute Gasteiger partial charge is 0.286 e. The minimum absolute atomic E-state index is 0.201. The third-order valence-electron chi connectivity index (χ3n) is 3.56. The van der Waals surface area contributed by atoms with E-state index in [1.165, 1.54) is 16.9 Å². The standard InChI is InChI=1S/C16H19N5OS/c1-9(2)11-5-7-12(8-6-11)17-14(22)15-20-21-13(10(3)4)18-19-16(21)23-15/h5-10H,1-4H3,(H,17,22). The summed E-state index contributed by atoms with van der Waals surface area (Å²) in [4.78, 5) is 13.0. The van der Waals surface area contributed by atoms with E-state index in [1.54, 1.807) is 4.52 Å². The maximum atomic E-state index is 12.4. The molecule has 2 heterocycles. The topological polar surface area (TPSA) is 72.2 Å². The Morgan fingerprint density at radius 2 is 1.78 bits per heavy atom. The summed E-state index contributed by atoms with van der Waals surface area (Å²) < 4.78 is 1.64. The number of rotatable bonds is 4. The van der Waals surface area contributed by atoms with Crippen LogP contribution >= 0.6 is 11.3 Å². The number of aromatic nitrogens is 4. The second-order valence-corrected chi connectivity index (χ2v) is 7.00. The maximum Gasteiger partial charge on any atom is 0.286 e. The van der Waals surface area contributed by atoms with Crippen molar-refractivity contribution in [3.63, 3.8) is 0 Å². The molecule has 2 aromatic heterocycles. The molecule has 23 heavy (non-hydrogen) atoms. The number of fused-ring (bicyclic) bond motifs is 1. The Balaban J connectivity index is 1.80. The van der Waals surface area contributed by atoms with Crippen LogP contribution in [0.2, 0.25) is 0 Å². The molecule has 0 fully saturated rings. The fourth-order valence-electron chi connectivity index (χ4n) is 2.22. The third kappa shape index (κ3) is 3.10. The largest absolute Gasteiger partial charge is 0.320 e. The van der Waals surface area contributed by atoms with Crippen molar-refractivity contribution in [2.24, 2.45) is 0 Å². The van der Waals surface area contributed by atoms with Crippen molar-refractivity contribution < 1.29 is 4.79 Å². The molecule has 0 aliphatic heterocycles. The quantitative estimate of drug-likeness (QED) is 0.792. The van der Waals surface area contributed by atoms with Gasteiger partial charge in [-0.15, -0.1) is 15.3 Å². The highest BCUT2D eigenvalue weighted by molar-refractivity contribution is 7.18. The van der Waals surface area contributed by atoms with E-state index in [-0.39, 0.29) is 11.8 Å². The van der Waals surface area contributed by atoms with E-state index < -0.39 is 0 Å². The molecule has 1 N–H and O–H groups in total. The van der Waals surface area contributed by atoms with Crippen molar-refractivity contribution in [3.05, 3.63) is 40.7 Å². The number of carbonyl (C=O) groups excluding carboxylic acids is 1. The van der Waals surface area contributed by atoms with Gasteiger partial charge in [-0.1, -0.05) is 51.2 Å². The molecule has 0 saturated carbocycles. The van der Waals surface area contributed by atoms with E-state index >= 15 is 0 Å². The van der Waals surface area contributed by atoms with E-state index in [0.29, 0.717) is 15.9 Å². The molecule has 0 aliphatic rings. The van der Waals surface area contributed by atoms with Crippen LogP contribution in [0.4, 0.5) is 5.69 Å². The van der Waals surface area contributed by atoms with Gasteiger partial charge in [-0.25, -0.2) is 0 Å². The van der Waals surface area contributed by atoms with Crippen LogP contribution in [0, 0.1) is 0 Å². The minimum Gasteiger partial charge on any atom is -0.320 e. The normalized spacial score (nSPS) is 11.6. The van der Waals surface area contributed by atoms with Crippen molar-refractivity contribution in [2.75, 3.05) is 5.32 Å². The fraction of sp³-hybridized carbons (Fsp3) is 0.375. The summed E-state index contributed by atoms with van der Waals surface area (Å²) in [7, 11) is 0. The van der Waals surface area contributed by atoms with Crippen molar-refractivity contribution in [1.82, 2.24) is 19.8 Å². The summed E-state index contributed by atoms with van der Waals surface area (Å²) in [6.45, 7) is 8.32. The SMILES string of the molecule is CC(C)c1ccc(NC(=O)c2nn3c(C(C)C)nnc3s2)cc1. The lowest BCUT2D eigenvalue weighted by Gasteiger charge is -2.07. The number of nitrogens with one attached hydrogen (secondary N) is 1. The zero-order chi connectivity index (χ0) is 16.6. The van der Waals surface area contributed by atoms with Crippen LogP contribution in [-0.4, -0.2) is 25.7 Å². The molecule has 3 rings (SSSR count). The molecule has 0 radical (unpaired) electrons. The molecule has 0 saturated heterocycles. The van der Waals surface area contributed by atoms with Gasteiger partial charge in [-0.05, 0) is 23.6 Å². The van der Waals surface area contributed by atoms with Gasteiger partial charge in [-0.2, -0.15) is 4.52 Å². The lowest BCUT2D eigenvalue weighted by atomic mass is 10.0. The molecular formula is C16H19N5OS. The van der Waals surface area contributed by atoms with Gasteiger partial charge in [0.25, 0.3) is 5.91 Å². The number of hydrogen-bond donors (Lipinski definition) is 1. The zero-order valence-electron chi connectivity index (χ0n) is 13.6. The zero-order valence-corrected chi connectivity index (χ0v) is 14.4. The lowest BCUT2D eigenvalue weighted by molar-refractivity contribution is 0.102. The van der Waals surface area contributed by atoms with Gasteiger partial charge in [0.2, 0.25) is 9.97 Å². The Hall–Kier alpha value is -2.28. The summed E-state index contributed by atoms with van der Waals surface area (Å²) in [6, 6.07) is 7.87. The highest BCUT2D eigenvalue weighted by atomic mass is 32.1. The van der Waals surface area contributed by atoms with Gasteiger partial charge in [-0.3, -0.25) is 4.79 Å². The first-order valence-corrected chi connectivity index (χ1v) is 8.41. The first kappa shape index (κ1) is 15.6. The van der Waals surface area contributed by atoms with Crippen LogP contribution < -0.4 is 5.32 Å². The molecule has 1 aromatic carbocycles. The minimum atomic E-state index is -0.229. The van der Waals surface area contributed by atoms with Gasteiger partial charge in [0.1, 0.15) is 0 Å². The molecule has 7 heteroatoms. The van der Waals surface area contributed by atoms with Crippen molar-refractivity contribution >= 4 is 27.9 Å². The van der Waals surface area contributed by atoms with Crippen molar-refractivity contribution in [2.45, 2.75) is 39.5 Å². The molecule has 0 bridgehead atoms. The van der Waals surface area contributed by atoms with Gasteiger partial charge in [0.15, 0.2) is 5.82 Å². The average Bonchev–Trinajstić information content (AvgIpc) is 3.07. The summed E-state index contributed by atoms with van der Waals surface area (Å²) in [5, 5.41) is 15.7. The Morgan fingerprint density at radius 1 is 1.09 bits per heavy atom. The predicted molar refractivity (Wildman–Crippen MR) is 91.2 cm³/mol. The Morgan fingerprint density at radius 3 is 2.39 bits per heavy atom. The molecule has 1 amide bonds. The van der Waals surface area contributed by atoms with Crippen LogP contribution in [0.15, 0.2) is 24.3 Å². The van der Waals surface area contributed by atoms with E-state index in [0.717, 1.165) is 11.5 Å². The predicted octanol–water partition coefficient (Wildman–Crippen LogP) is 3.68. The van der Waals surface area contributed by atoms with E-state index in [4.69, 9.17) is 0 Å².